The summed E-state index contributed by atoms with van der Waals surface area (Å²) in [6.07, 6.45) is -0.00983. The van der Waals surface area contributed by atoms with Crippen molar-refractivity contribution in [3.05, 3.63) is 54.1 Å². The summed E-state index contributed by atoms with van der Waals surface area (Å²) < 4.78 is 21.3. The van der Waals surface area contributed by atoms with Gasteiger partial charge in [-0.15, -0.1) is 16.9 Å². The van der Waals surface area contributed by atoms with E-state index in [0.717, 1.165) is 10.6 Å². The zero-order valence-corrected chi connectivity index (χ0v) is 15.2. The molecule has 138 valence electrons. The molecule has 4 rings (SSSR count). The molecule has 0 aliphatic carbocycles. The van der Waals surface area contributed by atoms with E-state index in [4.69, 9.17) is 4.74 Å². The fraction of sp³-hybridized carbons (Fsp3) is 0.222. The van der Waals surface area contributed by atoms with Crippen LogP contribution in [0, 0.1) is 12.7 Å². The summed E-state index contributed by atoms with van der Waals surface area (Å²) in [5.74, 6) is 1.26. The van der Waals surface area contributed by atoms with Gasteiger partial charge in [0.2, 0.25) is 5.91 Å². The number of rotatable bonds is 4. The molecule has 1 unspecified atom stereocenters. The summed E-state index contributed by atoms with van der Waals surface area (Å²) in [5, 5.41) is 13.8. The molecule has 1 aromatic heterocycles. The van der Waals surface area contributed by atoms with Crippen molar-refractivity contribution < 1.29 is 13.9 Å². The average molecular weight is 385 g/mol. The lowest BCUT2D eigenvalue weighted by Crippen LogP contribution is -2.29. The summed E-state index contributed by atoms with van der Waals surface area (Å²) in [7, 11) is 0. The number of anilines is 1. The van der Waals surface area contributed by atoms with Crippen LogP contribution in [0.3, 0.4) is 0 Å². The van der Waals surface area contributed by atoms with Crippen molar-refractivity contribution in [2.75, 3.05) is 11.1 Å². The van der Waals surface area contributed by atoms with Gasteiger partial charge in [-0.3, -0.25) is 4.79 Å². The summed E-state index contributed by atoms with van der Waals surface area (Å²) in [6, 6.07) is 12.0. The second-order valence-corrected chi connectivity index (χ2v) is 7.12. The highest BCUT2D eigenvalue weighted by Gasteiger charge is 2.23. The van der Waals surface area contributed by atoms with Gasteiger partial charge in [0, 0.05) is 16.3 Å². The lowest BCUT2D eigenvalue weighted by molar-refractivity contribution is -0.117. The Labute approximate surface area is 158 Å². The Morgan fingerprint density at radius 1 is 1.37 bits per heavy atom. The number of aromatic nitrogens is 4. The van der Waals surface area contributed by atoms with E-state index in [0.29, 0.717) is 17.3 Å². The van der Waals surface area contributed by atoms with Gasteiger partial charge in [-0.2, -0.15) is 4.68 Å². The molecule has 1 atom stereocenters. The van der Waals surface area contributed by atoms with Gasteiger partial charge in [0.15, 0.2) is 5.82 Å². The van der Waals surface area contributed by atoms with Crippen LogP contribution >= 0.6 is 11.8 Å². The lowest BCUT2D eigenvalue weighted by Gasteiger charge is -2.25. The molecule has 0 radical (unpaired) electrons. The van der Waals surface area contributed by atoms with Crippen molar-refractivity contribution in [1.82, 2.24) is 20.2 Å². The molecule has 0 saturated heterocycles. The van der Waals surface area contributed by atoms with Crippen LogP contribution in [0.5, 0.6) is 5.75 Å². The summed E-state index contributed by atoms with van der Waals surface area (Å²) in [6.45, 7) is 1.67. The number of nitrogens with one attached hydrogen (secondary N) is 1. The minimum atomic E-state index is -0.480. The molecule has 3 aromatic rings. The molecule has 0 bridgehead atoms. The first-order chi connectivity index (χ1) is 13.1. The van der Waals surface area contributed by atoms with Gasteiger partial charge in [0.05, 0.1) is 6.42 Å². The van der Waals surface area contributed by atoms with Crippen LogP contribution in [0.15, 0.2) is 47.4 Å². The Kier molecular flexibility index (Phi) is 4.76. The average Bonchev–Trinajstić information content (AvgIpc) is 3.09. The number of ether oxygens (including phenoxy) is 1. The quantitative estimate of drug-likeness (QED) is 0.744. The van der Waals surface area contributed by atoms with Crippen molar-refractivity contribution in [3.8, 4) is 11.4 Å². The van der Waals surface area contributed by atoms with Gasteiger partial charge in [-0.25, -0.2) is 4.39 Å². The Balaban J connectivity index is 1.44. The van der Waals surface area contributed by atoms with Crippen molar-refractivity contribution in [2.45, 2.75) is 24.3 Å². The minimum Gasteiger partial charge on any atom is -0.488 e. The maximum atomic E-state index is 14.1. The molecule has 1 aliphatic heterocycles. The number of tetrazole rings is 1. The first-order valence-electron chi connectivity index (χ1n) is 8.33. The number of para-hydroxylation sites is 1. The molecule has 1 aliphatic rings. The SMILES string of the molecule is Cc1nnnn1-c1cc(NC(=O)CC2CSc3ccccc3O2)ccc1F. The molecule has 1 N–H and O–H groups in total. The van der Waals surface area contributed by atoms with Crippen LogP contribution in [0.2, 0.25) is 0 Å². The smallest absolute Gasteiger partial charge is 0.228 e. The molecule has 0 fully saturated rings. The Hall–Kier alpha value is -2.94. The van der Waals surface area contributed by atoms with Gasteiger partial charge in [0.1, 0.15) is 23.4 Å². The summed E-state index contributed by atoms with van der Waals surface area (Å²) >= 11 is 1.67. The highest BCUT2D eigenvalue weighted by molar-refractivity contribution is 7.99. The van der Waals surface area contributed by atoms with E-state index < -0.39 is 5.82 Å². The van der Waals surface area contributed by atoms with E-state index >= 15 is 0 Å². The third kappa shape index (κ3) is 3.77. The van der Waals surface area contributed by atoms with Crippen LogP contribution in [0.1, 0.15) is 12.2 Å². The molecule has 9 heteroatoms. The number of carbonyl (C=O) groups excluding carboxylic acids is 1. The predicted octanol–water partition coefficient (Wildman–Crippen LogP) is 2.99. The fourth-order valence-electron chi connectivity index (χ4n) is 2.79. The molecule has 2 aromatic carbocycles. The standard InChI is InChI=1S/C18H16FN5O2S/c1-11-21-22-23-24(11)15-8-12(6-7-14(15)19)20-18(25)9-13-10-27-17-5-3-2-4-16(17)26-13/h2-8,13H,9-10H2,1H3,(H,20,25). The minimum absolute atomic E-state index is 0.175. The van der Waals surface area contributed by atoms with Crippen LogP contribution in [-0.4, -0.2) is 38.0 Å². The van der Waals surface area contributed by atoms with E-state index in [1.54, 1.807) is 18.7 Å². The lowest BCUT2D eigenvalue weighted by atomic mass is 10.2. The number of hydrogen-bond acceptors (Lipinski definition) is 6. The first kappa shape index (κ1) is 17.5. The Bertz CT molecular complexity index is 993. The van der Waals surface area contributed by atoms with E-state index in [1.165, 1.54) is 22.9 Å². The number of nitrogens with zero attached hydrogens (tertiary/aromatic N) is 4. The molecule has 7 nitrogen and oxygen atoms in total. The van der Waals surface area contributed by atoms with Gasteiger partial charge in [-0.1, -0.05) is 12.1 Å². The number of amides is 1. The van der Waals surface area contributed by atoms with E-state index in [-0.39, 0.29) is 24.1 Å². The van der Waals surface area contributed by atoms with Gasteiger partial charge < -0.3 is 10.1 Å². The van der Waals surface area contributed by atoms with E-state index in [2.05, 4.69) is 20.8 Å². The molecule has 0 spiro atoms. The largest absolute Gasteiger partial charge is 0.488 e. The molecule has 2 heterocycles. The summed E-state index contributed by atoms with van der Waals surface area (Å²) in [5.41, 5.74) is 0.642. The maximum absolute atomic E-state index is 14.1. The molecule has 27 heavy (non-hydrogen) atoms. The number of aryl methyl sites for hydroxylation is 1. The van der Waals surface area contributed by atoms with Crippen LogP contribution in [-0.2, 0) is 4.79 Å². The van der Waals surface area contributed by atoms with Gasteiger partial charge in [0.25, 0.3) is 0 Å². The molecular weight excluding hydrogens is 369 g/mol. The number of hydrogen-bond donors (Lipinski definition) is 1. The van der Waals surface area contributed by atoms with Crippen LogP contribution < -0.4 is 10.1 Å². The van der Waals surface area contributed by atoms with Crippen molar-refractivity contribution in [1.29, 1.82) is 0 Å². The Morgan fingerprint density at radius 3 is 3.04 bits per heavy atom. The van der Waals surface area contributed by atoms with Crippen LogP contribution in [0.25, 0.3) is 5.69 Å². The molecule has 0 saturated carbocycles. The third-order valence-electron chi connectivity index (χ3n) is 4.06. The second-order valence-electron chi connectivity index (χ2n) is 6.05. The van der Waals surface area contributed by atoms with E-state index in [9.17, 15) is 9.18 Å². The zero-order valence-electron chi connectivity index (χ0n) is 14.4. The maximum Gasteiger partial charge on any atom is 0.228 e. The monoisotopic (exact) mass is 385 g/mol. The number of fused-ring (bicyclic) bond motifs is 1. The predicted molar refractivity (Wildman–Crippen MR) is 98.7 cm³/mol. The number of carbonyl (C=O) groups is 1. The second kappa shape index (κ2) is 7.36. The first-order valence-corrected chi connectivity index (χ1v) is 9.32. The highest BCUT2D eigenvalue weighted by Crippen LogP contribution is 2.35. The van der Waals surface area contributed by atoms with Crippen molar-refractivity contribution >= 4 is 23.4 Å². The number of thioether (sulfide) groups is 1. The molecular formula is C18H16FN5O2S. The fourth-order valence-corrected chi connectivity index (χ4v) is 3.77. The van der Waals surface area contributed by atoms with Crippen LogP contribution in [0.4, 0.5) is 10.1 Å². The van der Waals surface area contributed by atoms with Crippen molar-refractivity contribution in [2.24, 2.45) is 0 Å². The van der Waals surface area contributed by atoms with Gasteiger partial charge >= 0.3 is 0 Å². The summed E-state index contributed by atoms with van der Waals surface area (Å²) in [4.78, 5) is 13.5. The van der Waals surface area contributed by atoms with Gasteiger partial charge in [-0.05, 0) is 47.7 Å². The number of halogens is 1. The van der Waals surface area contributed by atoms with E-state index in [1.807, 2.05) is 24.3 Å². The normalized spacial score (nSPS) is 15.7. The topological polar surface area (TPSA) is 81.9 Å². The zero-order chi connectivity index (χ0) is 18.8. The third-order valence-corrected chi connectivity index (χ3v) is 5.25. The Morgan fingerprint density at radius 2 is 2.22 bits per heavy atom. The highest BCUT2D eigenvalue weighted by atomic mass is 32.2. The molecule has 1 amide bonds. The van der Waals surface area contributed by atoms with Crippen molar-refractivity contribution in [3.63, 3.8) is 0 Å². The number of benzene rings is 2.